The summed E-state index contributed by atoms with van der Waals surface area (Å²) >= 11 is 0. The summed E-state index contributed by atoms with van der Waals surface area (Å²) < 4.78 is 21.8. The van der Waals surface area contributed by atoms with Crippen LogP contribution in [0.5, 0.6) is 23.0 Å². The number of aliphatic hydroxyl groups is 1. The number of fused-ring (bicyclic) bond motifs is 6. The largest absolute Gasteiger partial charge is 0.454 e. The van der Waals surface area contributed by atoms with Gasteiger partial charge in [-0.1, -0.05) is 103 Å². The molecule has 5 atom stereocenters. The number of nitrogens with zero attached hydrogens (tertiary/aromatic N) is 6. The van der Waals surface area contributed by atoms with Crippen LogP contribution in [0.15, 0.2) is 176 Å². The fourth-order valence-corrected chi connectivity index (χ4v) is 14.2. The third-order valence-corrected chi connectivity index (χ3v) is 17.5. The van der Waals surface area contributed by atoms with E-state index < -0.39 is 31.5 Å². The molecule has 2 N–H and O–H groups in total. The molecule has 4 aliphatic rings. The van der Waals surface area contributed by atoms with E-state index >= 15 is 4.79 Å². The second-order valence-corrected chi connectivity index (χ2v) is 23.9. The number of carbonyl (C=O) groups is 3. The predicted octanol–water partition coefficient (Wildman–Crippen LogP) is 11.0. The van der Waals surface area contributed by atoms with Gasteiger partial charge in [0, 0.05) is 41.1 Å². The van der Waals surface area contributed by atoms with Gasteiger partial charge in [0.25, 0.3) is 17.7 Å². The lowest BCUT2D eigenvalue weighted by molar-refractivity contribution is -0.146. The molecule has 4 aliphatic heterocycles. The molecule has 1 aromatic heterocycles. The summed E-state index contributed by atoms with van der Waals surface area (Å²) in [5, 5.41) is 19.3. The molecule has 1 spiro atoms. The van der Waals surface area contributed by atoms with E-state index in [0.29, 0.717) is 86.8 Å². The SMILES string of the molecule is C[C@H]1[C@H]([Si](C)(C)O)[C@@H](CCn2cc(C(CO)c3ccccc3)nn2)O[C@]12C(=O)N(Cc1cccc(N3C(=O)c4ccccc4Oc4ccccc43)c1)c1ccc(N3C(=O)c4ccccc4Oc4ccccc43)cc12. The molecule has 12 rings (SSSR count). The summed E-state index contributed by atoms with van der Waals surface area (Å²) in [6, 6.07) is 52.0. The first kappa shape index (κ1) is 46.8. The highest BCUT2D eigenvalue weighted by Gasteiger charge is 2.66. The number of aryl methyl sites for hydroxylation is 1. The number of ether oxygens (including phenoxy) is 3. The van der Waals surface area contributed by atoms with Crippen LogP contribution in [0.4, 0.5) is 28.4 Å². The molecule has 0 radical (unpaired) electrons. The van der Waals surface area contributed by atoms with Crippen LogP contribution in [0.25, 0.3) is 0 Å². The number of hydrogen-bond donors (Lipinski definition) is 2. The Bertz CT molecular complexity index is 3510. The zero-order valence-electron chi connectivity index (χ0n) is 40.9. The van der Waals surface area contributed by atoms with Gasteiger partial charge in [0.15, 0.2) is 25.4 Å². The van der Waals surface area contributed by atoms with E-state index in [4.69, 9.17) is 14.2 Å². The number of benzene rings is 7. The van der Waals surface area contributed by atoms with E-state index in [1.54, 1.807) is 49.7 Å². The minimum Gasteiger partial charge on any atom is -0.454 e. The summed E-state index contributed by atoms with van der Waals surface area (Å²) in [6.45, 7) is 6.08. The Morgan fingerprint density at radius 1 is 0.662 bits per heavy atom. The molecule has 370 valence electrons. The molecule has 5 heterocycles. The highest BCUT2D eigenvalue weighted by molar-refractivity contribution is 6.71. The summed E-state index contributed by atoms with van der Waals surface area (Å²) in [5.41, 5.74) is 4.40. The number of amides is 3. The Balaban J connectivity index is 0.947. The topological polar surface area (TPSA) is 160 Å². The maximum atomic E-state index is 16.0. The van der Waals surface area contributed by atoms with E-state index in [1.807, 2.05) is 166 Å². The van der Waals surface area contributed by atoms with Gasteiger partial charge in [-0.25, -0.2) is 0 Å². The van der Waals surface area contributed by atoms with Gasteiger partial charge in [-0.3, -0.25) is 28.9 Å². The van der Waals surface area contributed by atoms with Gasteiger partial charge in [-0.05, 0) is 110 Å². The third-order valence-electron chi connectivity index (χ3n) is 15.0. The lowest BCUT2D eigenvalue weighted by atomic mass is 9.82. The van der Waals surface area contributed by atoms with Crippen molar-refractivity contribution < 1.29 is 38.5 Å². The zero-order valence-corrected chi connectivity index (χ0v) is 41.9. The standard InChI is InChI=1S/C59H52N6O8Si/c1-37-55(74(2,3)70)54(30-31-62-35-46(60-61-62)44(36-66)39-17-5-4-6-18-39)73-59(37)45-33-41(65-49-23-10-14-27-53(49)72-51-25-12-8-21-43(51)57(65)68)28-29-47(45)63(58(59)69)34-38-16-15-19-40(32-38)64-48-22-9-13-26-52(48)71-50-24-11-7-20-42(50)56(64)67/h4-29,32-33,35,37,44,54-55,66,70H,30-31,34,36H2,1-3H3/t37-,44?,54+,55-,59+/m0/s1. The fraction of sp³-hybridized carbons (Fsp3) is 0.203. The molecule has 0 aliphatic carbocycles. The first-order valence-corrected chi connectivity index (χ1v) is 27.9. The lowest BCUT2D eigenvalue weighted by Crippen LogP contribution is -2.46. The van der Waals surface area contributed by atoms with Crippen molar-refractivity contribution >= 4 is 54.5 Å². The van der Waals surface area contributed by atoms with Crippen molar-refractivity contribution in [2.24, 2.45) is 5.92 Å². The van der Waals surface area contributed by atoms with Gasteiger partial charge in [0.05, 0.1) is 59.1 Å². The van der Waals surface area contributed by atoms with E-state index in [9.17, 15) is 19.5 Å². The first-order valence-electron chi connectivity index (χ1n) is 24.8. The van der Waals surface area contributed by atoms with Gasteiger partial charge in [-0.2, -0.15) is 0 Å². The first-order chi connectivity index (χ1) is 35.9. The summed E-state index contributed by atoms with van der Waals surface area (Å²) in [7, 11) is -3.14. The van der Waals surface area contributed by atoms with Crippen LogP contribution in [0.2, 0.25) is 18.6 Å². The minimum absolute atomic E-state index is 0.102. The molecule has 74 heavy (non-hydrogen) atoms. The molecule has 1 unspecified atom stereocenters. The molecule has 0 bridgehead atoms. The monoisotopic (exact) mass is 1000 g/mol. The number of anilines is 5. The van der Waals surface area contributed by atoms with Crippen molar-refractivity contribution in [3.8, 4) is 23.0 Å². The van der Waals surface area contributed by atoms with Crippen molar-refractivity contribution in [1.29, 1.82) is 0 Å². The van der Waals surface area contributed by atoms with Gasteiger partial charge in [0.2, 0.25) is 0 Å². The molecule has 15 heteroatoms. The highest BCUT2D eigenvalue weighted by atomic mass is 28.4. The number of rotatable bonds is 11. The van der Waals surface area contributed by atoms with Crippen molar-refractivity contribution in [3.63, 3.8) is 0 Å². The second-order valence-electron chi connectivity index (χ2n) is 19.9. The molecule has 8 aromatic rings. The van der Waals surface area contributed by atoms with Crippen LogP contribution in [-0.2, 0) is 28.2 Å². The summed E-state index contributed by atoms with van der Waals surface area (Å²) in [4.78, 5) is 62.6. The smallest absolute Gasteiger partial charge is 0.266 e. The van der Waals surface area contributed by atoms with E-state index in [2.05, 4.69) is 10.3 Å². The highest BCUT2D eigenvalue weighted by Crippen LogP contribution is 2.61. The predicted molar refractivity (Wildman–Crippen MR) is 282 cm³/mol. The Hall–Kier alpha value is -8.21. The molecule has 1 fully saturated rings. The van der Waals surface area contributed by atoms with Crippen LogP contribution >= 0.6 is 0 Å². The van der Waals surface area contributed by atoms with Crippen LogP contribution in [-0.4, -0.2) is 63.6 Å². The Kier molecular flexibility index (Phi) is 11.6. The van der Waals surface area contributed by atoms with E-state index in [0.717, 1.165) is 11.1 Å². The number of aromatic nitrogens is 3. The summed E-state index contributed by atoms with van der Waals surface area (Å²) in [6.07, 6.45) is 1.62. The van der Waals surface area contributed by atoms with E-state index in [-0.39, 0.29) is 36.8 Å². The lowest BCUT2D eigenvalue weighted by Gasteiger charge is -2.32. The molecule has 0 saturated carbocycles. The fourth-order valence-electron chi connectivity index (χ4n) is 11.6. The van der Waals surface area contributed by atoms with Crippen LogP contribution in [0.3, 0.4) is 0 Å². The van der Waals surface area contributed by atoms with Crippen molar-refractivity contribution in [2.75, 3.05) is 21.3 Å². The van der Waals surface area contributed by atoms with Crippen molar-refractivity contribution in [1.82, 2.24) is 15.0 Å². The normalized spacial score (nSPS) is 20.2. The third kappa shape index (κ3) is 7.78. The maximum Gasteiger partial charge on any atom is 0.266 e. The van der Waals surface area contributed by atoms with E-state index in [1.165, 1.54) is 0 Å². The molecule has 1 saturated heterocycles. The minimum atomic E-state index is -3.14. The summed E-state index contributed by atoms with van der Waals surface area (Å²) in [5.74, 6) is 0.114. The van der Waals surface area contributed by atoms with Gasteiger partial charge in [0.1, 0.15) is 11.5 Å². The number of aliphatic hydroxyl groups excluding tert-OH is 1. The Morgan fingerprint density at radius 2 is 1.24 bits per heavy atom. The van der Waals surface area contributed by atoms with Gasteiger partial charge >= 0.3 is 0 Å². The Morgan fingerprint density at radius 3 is 1.86 bits per heavy atom. The zero-order chi connectivity index (χ0) is 50.9. The average molecular weight is 1000 g/mol. The molecular formula is C59H52N6O8Si. The molecule has 7 aromatic carbocycles. The van der Waals surface area contributed by atoms with Gasteiger partial charge in [-0.15, -0.1) is 5.10 Å². The number of carbonyl (C=O) groups excluding carboxylic acids is 3. The quantitative estimate of drug-likeness (QED) is 0.119. The van der Waals surface area contributed by atoms with Crippen molar-refractivity contribution in [2.45, 2.75) is 62.7 Å². The molecule has 3 amide bonds. The van der Waals surface area contributed by atoms with Crippen LogP contribution in [0.1, 0.15) is 62.4 Å². The van der Waals surface area contributed by atoms with Crippen molar-refractivity contribution in [3.05, 3.63) is 210 Å². The maximum absolute atomic E-state index is 16.0. The second kappa shape index (κ2) is 18.4. The number of para-hydroxylation sites is 6. The average Bonchev–Trinajstić information content (AvgIpc) is 4.01. The number of hydrogen-bond acceptors (Lipinski definition) is 10. The van der Waals surface area contributed by atoms with Crippen LogP contribution in [0, 0.1) is 5.92 Å². The molecule has 14 nitrogen and oxygen atoms in total. The molecular weight excluding hydrogens is 949 g/mol. The van der Waals surface area contributed by atoms with Gasteiger partial charge < -0.3 is 29.0 Å². The van der Waals surface area contributed by atoms with Crippen LogP contribution < -0.4 is 24.2 Å². The Labute approximate surface area is 428 Å².